The monoisotopic (exact) mass is 309 g/mol. The van der Waals surface area contributed by atoms with E-state index in [-0.39, 0.29) is 5.91 Å². The molecule has 1 atom stereocenters. The van der Waals surface area contributed by atoms with Crippen molar-refractivity contribution in [3.8, 4) is 11.5 Å². The summed E-state index contributed by atoms with van der Waals surface area (Å²) in [5.41, 5.74) is 0.424. The maximum Gasteiger partial charge on any atom is 0.327 e. The molecule has 0 unspecified atom stereocenters. The first kappa shape index (κ1) is 14.1. The van der Waals surface area contributed by atoms with E-state index in [0.717, 1.165) is 6.42 Å². The van der Waals surface area contributed by atoms with Crippen LogP contribution < -0.4 is 9.47 Å². The number of hydrogen-bond acceptors (Lipinski definition) is 5. The van der Waals surface area contributed by atoms with Crippen molar-refractivity contribution in [3.05, 3.63) is 23.8 Å². The highest BCUT2D eigenvalue weighted by molar-refractivity contribution is 7.99. The molecule has 1 aromatic carbocycles. The van der Waals surface area contributed by atoms with E-state index in [1.54, 1.807) is 18.2 Å². The van der Waals surface area contributed by atoms with Crippen LogP contribution in [0, 0.1) is 0 Å². The van der Waals surface area contributed by atoms with Gasteiger partial charge in [0.2, 0.25) is 0 Å². The van der Waals surface area contributed by atoms with Crippen molar-refractivity contribution >= 4 is 23.6 Å². The Kier molecular flexibility index (Phi) is 3.92. The maximum atomic E-state index is 12.5. The SMILES string of the molecule is O=C(O)[C@@H]1CSCN1C(=O)c1ccc2c(c1)OCCCO2. The Morgan fingerprint density at radius 2 is 2.00 bits per heavy atom. The number of carboxylic acids is 1. The van der Waals surface area contributed by atoms with Gasteiger partial charge in [-0.05, 0) is 18.2 Å². The fourth-order valence-electron chi connectivity index (χ4n) is 2.31. The number of thioether (sulfide) groups is 1. The van der Waals surface area contributed by atoms with Crippen LogP contribution in [-0.2, 0) is 4.79 Å². The standard InChI is InChI=1S/C14H15NO5S/c16-13(15-8-21-7-10(15)14(17)18)9-2-3-11-12(6-9)20-5-1-4-19-11/h2-3,6,10H,1,4-5,7-8H2,(H,17,18)/t10-/m0/s1. The van der Waals surface area contributed by atoms with Gasteiger partial charge in [0.15, 0.2) is 11.5 Å². The van der Waals surface area contributed by atoms with E-state index in [9.17, 15) is 9.59 Å². The van der Waals surface area contributed by atoms with Crippen LogP contribution in [0.1, 0.15) is 16.8 Å². The van der Waals surface area contributed by atoms with Gasteiger partial charge in [-0.1, -0.05) is 0 Å². The van der Waals surface area contributed by atoms with Crippen molar-refractivity contribution in [1.29, 1.82) is 0 Å². The molecule has 6 nitrogen and oxygen atoms in total. The molecule has 0 aromatic heterocycles. The highest BCUT2D eigenvalue weighted by Crippen LogP contribution is 2.32. The van der Waals surface area contributed by atoms with Crippen LogP contribution in [0.25, 0.3) is 0 Å². The quantitative estimate of drug-likeness (QED) is 0.891. The molecule has 2 aliphatic heterocycles. The van der Waals surface area contributed by atoms with E-state index >= 15 is 0 Å². The number of carbonyl (C=O) groups is 2. The lowest BCUT2D eigenvalue weighted by molar-refractivity contribution is -0.140. The van der Waals surface area contributed by atoms with E-state index in [4.69, 9.17) is 14.6 Å². The molecule has 21 heavy (non-hydrogen) atoms. The van der Waals surface area contributed by atoms with Crippen molar-refractivity contribution in [1.82, 2.24) is 4.90 Å². The highest BCUT2D eigenvalue weighted by Gasteiger charge is 2.35. The molecule has 1 N–H and O–H groups in total. The molecule has 2 heterocycles. The van der Waals surface area contributed by atoms with Crippen LogP contribution in [0.5, 0.6) is 11.5 Å². The average molecular weight is 309 g/mol. The minimum atomic E-state index is -0.970. The summed E-state index contributed by atoms with van der Waals surface area (Å²) in [7, 11) is 0. The van der Waals surface area contributed by atoms with Crippen molar-refractivity contribution in [2.75, 3.05) is 24.8 Å². The zero-order valence-corrected chi connectivity index (χ0v) is 12.1. The highest BCUT2D eigenvalue weighted by atomic mass is 32.2. The molecule has 7 heteroatoms. The molecular weight excluding hydrogens is 294 g/mol. The van der Waals surface area contributed by atoms with E-state index < -0.39 is 12.0 Å². The molecule has 1 amide bonds. The Balaban J connectivity index is 1.85. The summed E-state index contributed by atoms with van der Waals surface area (Å²) in [6.45, 7) is 1.13. The summed E-state index contributed by atoms with van der Waals surface area (Å²) in [4.78, 5) is 25.0. The second kappa shape index (κ2) is 5.85. The molecule has 0 spiro atoms. The Labute approximate surface area is 126 Å². The minimum absolute atomic E-state index is 0.289. The third kappa shape index (κ3) is 2.78. The number of carboxylic acid groups (broad SMARTS) is 1. The molecule has 0 aliphatic carbocycles. The zero-order valence-electron chi connectivity index (χ0n) is 11.3. The van der Waals surface area contributed by atoms with Crippen LogP contribution in [0.4, 0.5) is 0 Å². The van der Waals surface area contributed by atoms with Crippen LogP contribution in [0.3, 0.4) is 0 Å². The molecule has 2 aliphatic rings. The molecule has 3 rings (SSSR count). The molecule has 0 radical (unpaired) electrons. The Hall–Kier alpha value is -1.89. The van der Waals surface area contributed by atoms with Gasteiger partial charge < -0.3 is 19.5 Å². The van der Waals surface area contributed by atoms with Gasteiger partial charge in [-0.2, -0.15) is 0 Å². The first-order valence-corrected chi connectivity index (χ1v) is 7.83. The summed E-state index contributed by atoms with van der Waals surface area (Å²) in [5.74, 6) is 0.716. The van der Waals surface area contributed by atoms with Crippen LogP contribution >= 0.6 is 11.8 Å². The average Bonchev–Trinajstić information content (AvgIpc) is 2.85. The van der Waals surface area contributed by atoms with Crippen LogP contribution in [0.15, 0.2) is 18.2 Å². The largest absolute Gasteiger partial charge is 0.490 e. The van der Waals surface area contributed by atoms with Crippen molar-refractivity contribution in [2.45, 2.75) is 12.5 Å². The number of rotatable bonds is 2. The Morgan fingerprint density at radius 1 is 1.24 bits per heavy atom. The van der Waals surface area contributed by atoms with Crippen molar-refractivity contribution in [2.24, 2.45) is 0 Å². The smallest absolute Gasteiger partial charge is 0.327 e. The predicted octanol–water partition coefficient (Wildman–Crippen LogP) is 1.45. The molecule has 112 valence electrons. The summed E-state index contributed by atoms with van der Waals surface area (Å²) in [5, 5.41) is 9.16. The lowest BCUT2D eigenvalue weighted by Gasteiger charge is -2.21. The van der Waals surface area contributed by atoms with Gasteiger partial charge in [0.05, 0.1) is 19.1 Å². The topological polar surface area (TPSA) is 76.1 Å². The molecule has 0 bridgehead atoms. The first-order valence-electron chi connectivity index (χ1n) is 6.68. The molecule has 1 fully saturated rings. The van der Waals surface area contributed by atoms with Gasteiger partial charge in [-0.25, -0.2) is 4.79 Å². The number of hydrogen-bond donors (Lipinski definition) is 1. The number of benzene rings is 1. The minimum Gasteiger partial charge on any atom is -0.490 e. The number of carbonyl (C=O) groups excluding carboxylic acids is 1. The van der Waals surface area contributed by atoms with Gasteiger partial charge in [0.1, 0.15) is 6.04 Å². The predicted molar refractivity (Wildman–Crippen MR) is 77.0 cm³/mol. The Bertz CT molecular complexity index is 576. The fourth-order valence-corrected chi connectivity index (χ4v) is 3.45. The lowest BCUT2D eigenvalue weighted by Crippen LogP contribution is -2.41. The number of ether oxygens (including phenoxy) is 2. The fraction of sp³-hybridized carbons (Fsp3) is 0.429. The molecule has 0 saturated carbocycles. The van der Waals surface area contributed by atoms with Crippen molar-refractivity contribution in [3.63, 3.8) is 0 Å². The second-order valence-corrected chi connectivity index (χ2v) is 5.84. The summed E-state index contributed by atoms with van der Waals surface area (Å²) >= 11 is 1.44. The summed E-state index contributed by atoms with van der Waals surface area (Å²) in [6.07, 6.45) is 0.793. The number of nitrogens with zero attached hydrogens (tertiary/aromatic N) is 1. The van der Waals surface area contributed by atoms with Crippen LogP contribution in [0.2, 0.25) is 0 Å². The Morgan fingerprint density at radius 3 is 2.76 bits per heavy atom. The zero-order chi connectivity index (χ0) is 14.8. The van der Waals surface area contributed by atoms with Crippen molar-refractivity contribution < 1.29 is 24.2 Å². The molecular formula is C14H15NO5S. The summed E-state index contributed by atoms with van der Waals surface area (Å²) in [6, 6.07) is 4.22. The second-order valence-electron chi connectivity index (χ2n) is 4.84. The van der Waals surface area contributed by atoms with Gasteiger partial charge in [0, 0.05) is 17.7 Å². The first-order chi connectivity index (χ1) is 10.2. The molecule has 1 aromatic rings. The van der Waals surface area contributed by atoms with Gasteiger partial charge in [-0.3, -0.25) is 4.79 Å². The number of aliphatic carboxylic acids is 1. The van der Waals surface area contributed by atoms with E-state index in [0.29, 0.717) is 41.9 Å². The third-order valence-electron chi connectivity index (χ3n) is 3.42. The number of fused-ring (bicyclic) bond motifs is 1. The lowest BCUT2D eigenvalue weighted by atomic mass is 10.1. The normalized spacial score (nSPS) is 21.0. The van der Waals surface area contributed by atoms with E-state index in [2.05, 4.69) is 0 Å². The number of amides is 1. The maximum absolute atomic E-state index is 12.5. The van der Waals surface area contributed by atoms with Gasteiger partial charge >= 0.3 is 5.97 Å². The van der Waals surface area contributed by atoms with Crippen LogP contribution in [-0.4, -0.2) is 52.8 Å². The van der Waals surface area contributed by atoms with E-state index in [1.807, 2.05) is 0 Å². The summed E-state index contributed by atoms with van der Waals surface area (Å²) < 4.78 is 11.1. The molecule has 1 saturated heterocycles. The van der Waals surface area contributed by atoms with Gasteiger partial charge in [-0.15, -0.1) is 11.8 Å². The third-order valence-corrected chi connectivity index (χ3v) is 4.43. The van der Waals surface area contributed by atoms with Gasteiger partial charge in [0.25, 0.3) is 5.91 Å². The van der Waals surface area contributed by atoms with E-state index in [1.165, 1.54) is 16.7 Å².